The van der Waals surface area contributed by atoms with Crippen molar-refractivity contribution in [2.75, 3.05) is 7.11 Å². The molecule has 0 atom stereocenters. The molecule has 0 aliphatic heterocycles. The molecule has 21 heavy (non-hydrogen) atoms. The summed E-state index contributed by atoms with van der Waals surface area (Å²) in [5, 5.41) is 11.4. The number of aromatic hydroxyl groups is 1. The van der Waals surface area contributed by atoms with Crippen LogP contribution in [0.1, 0.15) is 11.3 Å². The number of ether oxygens (including phenoxy) is 1. The Morgan fingerprint density at radius 1 is 1.52 bits per heavy atom. The molecule has 10 heteroatoms. The first kappa shape index (κ1) is 14.7. The average molecular weight is 310 g/mol. The number of aromatic amines is 2. The maximum absolute atomic E-state index is 11.5. The van der Waals surface area contributed by atoms with Crippen LogP contribution in [0, 0.1) is 0 Å². The number of aromatic nitrogens is 3. The molecule has 0 aromatic carbocycles. The van der Waals surface area contributed by atoms with Crippen molar-refractivity contribution in [2.45, 2.75) is 6.42 Å². The molecule has 0 spiro atoms. The second kappa shape index (κ2) is 6.13. The number of carbonyl (C=O) groups is 1. The van der Waals surface area contributed by atoms with E-state index in [1.165, 1.54) is 7.11 Å². The van der Waals surface area contributed by atoms with Crippen LogP contribution >= 0.6 is 11.3 Å². The largest absolute Gasteiger partial charge is 0.494 e. The Morgan fingerprint density at radius 2 is 2.29 bits per heavy atom. The lowest BCUT2D eigenvalue weighted by molar-refractivity contribution is -0.139. The van der Waals surface area contributed by atoms with Gasteiger partial charge in [0.2, 0.25) is 11.0 Å². The van der Waals surface area contributed by atoms with Gasteiger partial charge in [-0.3, -0.25) is 19.6 Å². The zero-order valence-electron chi connectivity index (χ0n) is 10.7. The molecule has 0 saturated heterocycles. The van der Waals surface area contributed by atoms with Gasteiger partial charge in [-0.2, -0.15) is 0 Å². The van der Waals surface area contributed by atoms with Crippen LogP contribution in [0.2, 0.25) is 0 Å². The van der Waals surface area contributed by atoms with E-state index in [9.17, 15) is 19.5 Å². The third-order valence-electron chi connectivity index (χ3n) is 2.36. The third-order valence-corrected chi connectivity index (χ3v) is 3.15. The summed E-state index contributed by atoms with van der Waals surface area (Å²) in [7, 11) is 1.28. The summed E-state index contributed by atoms with van der Waals surface area (Å²) >= 11 is 1.15. The van der Waals surface area contributed by atoms with Crippen molar-refractivity contribution in [3.05, 3.63) is 37.5 Å². The highest BCUT2D eigenvalue weighted by Gasteiger charge is 2.08. The molecule has 2 aromatic heterocycles. The van der Waals surface area contributed by atoms with Gasteiger partial charge in [0.25, 0.3) is 5.56 Å². The number of nitrogens with one attached hydrogen (secondary N) is 2. The molecule has 0 aliphatic carbocycles. The van der Waals surface area contributed by atoms with E-state index in [1.54, 1.807) is 5.38 Å². The van der Waals surface area contributed by atoms with Gasteiger partial charge in [-0.25, -0.2) is 14.8 Å². The Morgan fingerprint density at radius 3 is 2.95 bits per heavy atom. The minimum absolute atomic E-state index is 0.0208. The molecule has 2 aromatic rings. The molecule has 0 unspecified atom stereocenters. The highest BCUT2D eigenvalue weighted by Crippen LogP contribution is 2.19. The second-order valence-corrected chi connectivity index (χ2v) is 4.64. The maximum atomic E-state index is 11.5. The molecule has 0 saturated carbocycles. The smallest absolute Gasteiger partial charge is 0.328 e. The van der Waals surface area contributed by atoms with Crippen molar-refractivity contribution in [1.29, 1.82) is 0 Å². The van der Waals surface area contributed by atoms with Gasteiger partial charge in [0, 0.05) is 11.6 Å². The molecule has 0 amide bonds. The van der Waals surface area contributed by atoms with E-state index < -0.39 is 23.1 Å². The molecule has 2 heterocycles. The van der Waals surface area contributed by atoms with Crippen LogP contribution in [0.3, 0.4) is 0 Å². The SMILES string of the molecule is COC(=O)Cc1csc(/N=C/c2c(O)[nH]c(=O)[nH]c2=O)n1. The van der Waals surface area contributed by atoms with Crippen LogP contribution in [0.4, 0.5) is 5.13 Å². The molecular formula is C11H10N4O5S. The second-order valence-electron chi connectivity index (χ2n) is 3.80. The predicted octanol–water partition coefficient (Wildman–Crippen LogP) is -0.309. The van der Waals surface area contributed by atoms with Crippen LogP contribution in [-0.4, -0.2) is 39.4 Å². The summed E-state index contributed by atoms with van der Waals surface area (Å²) in [5.41, 5.74) is -1.30. The van der Waals surface area contributed by atoms with Gasteiger partial charge in [0.1, 0.15) is 5.56 Å². The normalized spacial score (nSPS) is 10.9. The van der Waals surface area contributed by atoms with Crippen molar-refractivity contribution in [3.63, 3.8) is 0 Å². The summed E-state index contributed by atoms with van der Waals surface area (Å²) in [5.74, 6) is -1.01. The molecule has 0 bridgehead atoms. The number of aliphatic imine (C=N–C) groups is 1. The molecule has 0 aliphatic rings. The summed E-state index contributed by atoms with van der Waals surface area (Å²) in [6, 6.07) is 0. The summed E-state index contributed by atoms with van der Waals surface area (Å²) in [6.45, 7) is 0. The van der Waals surface area contributed by atoms with Crippen molar-refractivity contribution >= 4 is 28.7 Å². The van der Waals surface area contributed by atoms with Crippen LogP contribution < -0.4 is 11.2 Å². The van der Waals surface area contributed by atoms with Crippen molar-refractivity contribution < 1.29 is 14.6 Å². The summed E-state index contributed by atoms with van der Waals surface area (Å²) < 4.78 is 4.51. The summed E-state index contributed by atoms with van der Waals surface area (Å²) in [6.07, 6.45) is 1.10. The highest BCUT2D eigenvalue weighted by molar-refractivity contribution is 7.13. The van der Waals surface area contributed by atoms with E-state index in [0.29, 0.717) is 10.8 Å². The minimum Gasteiger partial charge on any atom is -0.494 e. The van der Waals surface area contributed by atoms with E-state index in [1.807, 2.05) is 9.97 Å². The minimum atomic E-state index is -0.815. The van der Waals surface area contributed by atoms with Crippen LogP contribution in [0.25, 0.3) is 0 Å². The van der Waals surface area contributed by atoms with Gasteiger partial charge >= 0.3 is 11.7 Å². The zero-order valence-corrected chi connectivity index (χ0v) is 11.6. The van der Waals surface area contributed by atoms with Gasteiger partial charge in [0.15, 0.2) is 0 Å². The van der Waals surface area contributed by atoms with Gasteiger partial charge < -0.3 is 9.84 Å². The van der Waals surface area contributed by atoms with Crippen LogP contribution in [-0.2, 0) is 16.0 Å². The molecule has 9 nitrogen and oxygen atoms in total. The van der Waals surface area contributed by atoms with Gasteiger partial charge in [-0.1, -0.05) is 0 Å². The molecule has 2 rings (SSSR count). The van der Waals surface area contributed by atoms with Gasteiger partial charge in [-0.15, -0.1) is 11.3 Å². The van der Waals surface area contributed by atoms with E-state index >= 15 is 0 Å². The van der Waals surface area contributed by atoms with Crippen molar-refractivity contribution in [3.8, 4) is 5.88 Å². The lowest BCUT2D eigenvalue weighted by Crippen LogP contribution is -2.24. The molecule has 0 fully saturated rings. The number of methoxy groups -OCH3 is 1. The lowest BCUT2D eigenvalue weighted by atomic mass is 10.3. The van der Waals surface area contributed by atoms with E-state index in [0.717, 1.165) is 17.6 Å². The Kier molecular flexibility index (Phi) is 4.28. The third kappa shape index (κ3) is 3.63. The van der Waals surface area contributed by atoms with Crippen LogP contribution in [0.15, 0.2) is 20.0 Å². The number of rotatable bonds is 4. The first-order valence-electron chi connectivity index (χ1n) is 5.60. The van der Waals surface area contributed by atoms with Gasteiger partial charge in [0.05, 0.1) is 19.2 Å². The maximum Gasteiger partial charge on any atom is 0.328 e. The Hall–Kier alpha value is -2.75. The Labute approximate surface area is 121 Å². The van der Waals surface area contributed by atoms with Crippen LogP contribution in [0.5, 0.6) is 5.88 Å². The van der Waals surface area contributed by atoms with E-state index in [2.05, 4.69) is 14.7 Å². The number of hydrogen-bond acceptors (Lipinski definition) is 8. The first-order chi connectivity index (χ1) is 9.99. The molecular weight excluding hydrogens is 300 g/mol. The highest BCUT2D eigenvalue weighted by atomic mass is 32.1. The monoisotopic (exact) mass is 310 g/mol. The quantitative estimate of drug-likeness (QED) is 0.523. The fraction of sp³-hybridized carbons (Fsp3) is 0.182. The topological polar surface area (TPSA) is 138 Å². The molecule has 110 valence electrons. The fourth-order valence-electron chi connectivity index (χ4n) is 1.38. The Bertz CT molecular complexity index is 803. The number of hydrogen-bond donors (Lipinski definition) is 3. The number of carbonyl (C=O) groups excluding carboxylic acids is 1. The molecule has 3 N–H and O–H groups in total. The number of nitrogens with zero attached hydrogens (tertiary/aromatic N) is 2. The van der Waals surface area contributed by atoms with Gasteiger partial charge in [-0.05, 0) is 0 Å². The summed E-state index contributed by atoms with van der Waals surface area (Å²) in [4.78, 5) is 45.4. The number of H-pyrrole nitrogens is 2. The Balaban J connectivity index is 2.21. The fourth-order valence-corrected chi connectivity index (χ4v) is 2.04. The lowest BCUT2D eigenvalue weighted by Gasteiger charge is -1.95. The first-order valence-corrected chi connectivity index (χ1v) is 6.48. The predicted molar refractivity (Wildman–Crippen MR) is 74.4 cm³/mol. The van der Waals surface area contributed by atoms with Crippen molar-refractivity contribution in [2.24, 2.45) is 4.99 Å². The number of esters is 1. The van der Waals surface area contributed by atoms with E-state index in [4.69, 9.17) is 0 Å². The zero-order chi connectivity index (χ0) is 15.4. The standard InChI is InChI=1S/C11H10N4O5S/c1-20-7(16)2-5-4-21-11(13-5)12-3-6-8(17)14-10(19)15-9(6)18/h3-4H,2H2,1H3,(H3,14,15,17,18,19)/b12-3+. The van der Waals surface area contributed by atoms with E-state index in [-0.39, 0.29) is 12.0 Å². The molecule has 0 radical (unpaired) electrons. The van der Waals surface area contributed by atoms with Crippen molar-refractivity contribution in [1.82, 2.24) is 15.0 Å². The number of thiazole rings is 1. The average Bonchev–Trinajstić information content (AvgIpc) is 2.85.